The first-order chi connectivity index (χ1) is 8.09. The fourth-order valence-corrected chi connectivity index (χ4v) is 3.25. The summed E-state index contributed by atoms with van der Waals surface area (Å²) in [7, 11) is 1.86. The smallest absolute Gasteiger partial charge is 0.253 e. The number of hydrogen-bond donors (Lipinski definition) is 1. The van der Waals surface area contributed by atoms with Gasteiger partial charge in [-0.2, -0.15) is 11.8 Å². The molecular weight excluding hydrogens is 234 g/mol. The first kappa shape index (κ1) is 12.3. The highest BCUT2D eigenvalue weighted by molar-refractivity contribution is 7.99. The van der Waals surface area contributed by atoms with Crippen LogP contribution in [0.2, 0.25) is 0 Å². The first-order valence-corrected chi connectivity index (χ1v) is 6.89. The van der Waals surface area contributed by atoms with Crippen molar-refractivity contribution < 1.29 is 9.90 Å². The highest BCUT2D eigenvalue weighted by atomic mass is 32.2. The number of carbonyl (C=O) groups excluding carboxylic acids is 1. The molecule has 0 radical (unpaired) electrons. The molecule has 1 heterocycles. The summed E-state index contributed by atoms with van der Waals surface area (Å²) in [6.45, 7) is 1.80. The molecule has 0 aliphatic carbocycles. The van der Waals surface area contributed by atoms with E-state index in [2.05, 4.69) is 0 Å². The predicted molar refractivity (Wildman–Crippen MR) is 70.7 cm³/mol. The van der Waals surface area contributed by atoms with Gasteiger partial charge in [-0.25, -0.2) is 0 Å². The number of aryl methyl sites for hydroxylation is 1. The number of phenols is 1. The quantitative estimate of drug-likeness (QED) is 0.876. The third-order valence-corrected chi connectivity index (χ3v) is 4.36. The molecular formula is C13H17NO2S. The minimum absolute atomic E-state index is 0.0422. The minimum Gasteiger partial charge on any atom is -0.508 e. The van der Waals surface area contributed by atoms with Crippen molar-refractivity contribution in [2.24, 2.45) is 0 Å². The fraction of sp³-hybridized carbons (Fsp3) is 0.462. The minimum atomic E-state index is 0.0422. The number of benzene rings is 1. The molecule has 1 fully saturated rings. The Morgan fingerprint density at radius 3 is 2.88 bits per heavy atom. The summed E-state index contributed by atoms with van der Waals surface area (Å²) in [5.41, 5.74) is 1.39. The Kier molecular flexibility index (Phi) is 3.62. The summed E-state index contributed by atoms with van der Waals surface area (Å²) in [4.78, 5) is 14.1. The molecule has 2 rings (SSSR count). The molecule has 1 aliphatic rings. The van der Waals surface area contributed by atoms with E-state index in [0.717, 1.165) is 23.5 Å². The van der Waals surface area contributed by atoms with Gasteiger partial charge in [-0.05, 0) is 42.9 Å². The normalized spacial score (nSPS) is 19.3. The Hall–Kier alpha value is -1.16. The topological polar surface area (TPSA) is 40.5 Å². The molecule has 3 nitrogen and oxygen atoms in total. The van der Waals surface area contributed by atoms with Crippen molar-refractivity contribution in [2.45, 2.75) is 19.4 Å². The van der Waals surface area contributed by atoms with E-state index in [1.54, 1.807) is 25.1 Å². The number of thioether (sulfide) groups is 1. The highest BCUT2D eigenvalue weighted by Gasteiger charge is 2.24. The van der Waals surface area contributed by atoms with Gasteiger partial charge in [-0.3, -0.25) is 4.79 Å². The van der Waals surface area contributed by atoms with E-state index < -0.39 is 0 Å². The van der Waals surface area contributed by atoms with Crippen LogP contribution in [0, 0.1) is 6.92 Å². The molecule has 1 saturated heterocycles. The van der Waals surface area contributed by atoms with Gasteiger partial charge < -0.3 is 10.0 Å². The van der Waals surface area contributed by atoms with E-state index in [0.29, 0.717) is 11.6 Å². The average molecular weight is 251 g/mol. The van der Waals surface area contributed by atoms with E-state index in [4.69, 9.17) is 0 Å². The molecule has 1 atom stereocenters. The first-order valence-electron chi connectivity index (χ1n) is 5.74. The van der Waals surface area contributed by atoms with Crippen LogP contribution in [0.4, 0.5) is 0 Å². The molecule has 1 amide bonds. The fourth-order valence-electron chi connectivity index (χ4n) is 1.99. The van der Waals surface area contributed by atoms with Crippen LogP contribution < -0.4 is 0 Å². The molecule has 1 aromatic carbocycles. The van der Waals surface area contributed by atoms with E-state index in [1.165, 1.54) is 0 Å². The summed E-state index contributed by atoms with van der Waals surface area (Å²) in [6.07, 6.45) is 1.07. The van der Waals surface area contributed by atoms with E-state index in [9.17, 15) is 9.90 Å². The number of phenolic OH excluding ortho intramolecular Hbond substituents is 1. The lowest BCUT2D eigenvalue weighted by Gasteiger charge is -2.24. The highest BCUT2D eigenvalue weighted by Crippen LogP contribution is 2.24. The third kappa shape index (κ3) is 2.57. The van der Waals surface area contributed by atoms with Crippen LogP contribution in [-0.2, 0) is 0 Å². The van der Waals surface area contributed by atoms with Crippen molar-refractivity contribution in [1.82, 2.24) is 4.90 Å². The summed E-state index contributed by atoms with van der Waals surface area (Å²) in [6, 6.07) is 5.36. The molecule has 0 bridgehead atoms. The molecule has 4 heteroatoms. The lowest BCUT2D eigenvalue weighted by molar-refractivity contribution is 0.0748. The molecule has 0 aromatic heterocycles. The van der Waals surface area contributed by atoms with E-state index in [1.807, 2.05) is 23.7 Å². The van der Waals surface area contributed by atoms with E-state index >= 15 is 0 Å². The van der Waals surface area contributed by atoms with Gasteiger partial charge in [0.2, 0.25) is 0 Å². The Bertz CT molecular complexity index is 427. The zero-order chi connectivity index (χ0) is 12.4. The number of carbonyl (C=O) groups is 1. The van der Waals surface area contributed by atoms with Gasteiger partial charge in [-0.1, -0.05) is 0 Å². The lowest BCUT2D eigenvalue weighted by Crippen LogP contribution is -2.36. The lowest BCUT2D eigenvalue weighted by atomic mass is 10.1. The predicted octanol–water partition coefficient (Wildman–Crippen LogP) is 2.28. The van der Waals surface area contributed by atoms with Crippen molar-refractivity contribution in [2.75, 3.05) is 18.6 Å². The average Bonchev–Trinajstić information content (AvgIpc) is 2.84. The Morgan fingerprint density at radius 1 is 1.53 bits per heavy atom. The van der Waals surface area contributed by atoms with Crippen LogP contribution in [0.15, 0.2) is 18.2 Å². The second kappa shape index (κ2) is 5.00. The maximum Gasteiger partial charge on any atom is 0.253 e. The second-order valence-electron chi connectivity index (χ2n) is 4.43. The van der Waals surface area contributed by atoms with Crippen LogP contribution >= 0.6 is 11.8 Å². The SMILES string of the molecule is Cc1cc(C(=O)N(C)C2CCSC2)ccc1O. The van der Waals surface area contributed by atoms with Crippen LogP contribution in [0.5, 0.6) is 5.75 Å². The van der Waals surface area contributed by atoms with Gasteiger partial charge >= 0.3 is 0 Å². The van der Waals surface area contributed by atoms with Crippen LogP contribution in [0.1, 0.15) is 22.3 Å². The summed E-state index contributed by atoms with van der Waals surface area (Å²) < 4.78 is 0. The molecule has 92 valence electrons. The second-order valence-corrected chi connectivity index (χ2v) is 5.58. The zero-order valence-electron chi connectivity index (χ0n) is 10.1. The van der Waals surface area contributed by atoms with Gasteiger partial charge in [0.15, 0.2) is 0 Å². The van der Waals surface area contributed by atoms with Crippen molar-refractivity contribution >= 4 is 17.7 Å². The number of amides is 1. The van der Waals surface area contributed by atoms with Crippen LogP contribution in [-0.4, -0.2) is 40.5 Å². The Labute approximate surface area is 106 Å². The molecule has 1 unspecified atom stereocenters. The summed E-state index contributed by atoms with van der Waals surface area (Å²) >= 11 is 1.89. The summed E-state index contributed by atoms with van der Waals surface area (Å²) in [5.74, 6) is 2.44. The van der Waals surface area contributed by atoms with Gasteiger partial charge in [0.05, 0.1) is 0 Å². The Morgan fingerprint density at radius 2 is 2.29 bits per heavy atom. The number of hydrogen-bond acceptors (Lipinski definition) is 3. The molecule has 0 saturated carbocycles. The van der Waals surface area contributed by atoms with Gasteiger partial charge in [0.25, 0.3) is 5.91 Å². The maximum absolute atomic E-state index is 12.2. The molecule has 1 aromatic rings. The van der Waals surface area contributed by atoms with E-state index in [-0.39, 0.29) is 11.7 Å². The van der Waals surface area contributed by atoms with Crippen molar-refractivity contribution in [3.63, 3.8) is 0 Å². The molecule has 1 N–H and O–H groups in total. The van der Waals surface area contributed by atoms with Gasteiger partial charge in [0, 0.05) is 24.4 Å². The number of aromatic hydroxyl groups is 1. The van der Waals surface area contributed by atoms with Crippen LogP contribution in [0.25, 0.3) is 0 Å². The van der Waals surface area contributed by atoms with Gasteiger partial charge in [-0.15, -0.1) is 0 Å². The monoisotopic (exact) mass is 251 g/mol. The molecule has 1 aliphatic heterocycles. The number of rotatable bonds is 2. The zero-order valence-corrected chi connectivity index (χ0v) is 11.0. The van der Waals surface area contributed by atoms with Crippen LogP contribution in [0.3, 0.4) is 0 Å². The van der Waals surface area contributed by atoms with Gasteiger partial charge in [0.1, 0.15) is 5.75 Å². The summed E-state index contributed by atoms with van der Waals surface area (Å²) in [5, 5.41) is 9.45. The Balaban J connectivity index is 2.15. The maximum atomic E-state index is 12.2. The number of nitrogens with zero attached hydrogens (tertiary/aromatic N) is 1. The standard InChI is InChI=1S/C13H17NO2S/c1-9-7-10(3-4-12(9)15)13(16)14(2)11-5-6-17-8-11/h3-4,7,11,15H,5-6,8H2,1-2H3. The molecule has 17 heavy (non-hydrogen) atoms. The van der Waals surface area contributed by atoms with Crippen molar-refractivity contribution in [3.8, 4) is 5.75 Å². The van der Waals surface area contributed by atoms with Crippen molar-refractivity contribution in [1.29, 1.82) is 0 Å². The van der Waals surface area contributed by atoms with Crippen molar-refractivity contribution in [3.05, 3.63) is 29.3 Å². The third-order valence-electron chi connectivity index (χ3n) is 3.22. The molecule has 0 spiro atoms. The largest absolute Gasteiger partial charge is 0.508 e.